The summed E-state index contributed by atoms with van der Waals surface area (Å²) in [5, 5.41) is 3.56. The first-order chi connectivity index (χ1) is 17.2. The topological polar surface area (TPSA) is 67.2 Å². The van der Waals surface area contributed by atoms with E-state index in [9.17, 15) is 9.59 Å². The Kier molecular flexibility index (Phi) is 7.59. The Balaban J connectivity index is 1.87. The van der Waals surface area contributed by atoms with Gasteiger partial charge in [-0.2, -0.15) is 0 Å². The Morgan fingerprint density at radius 2 is 1.69 bits per heavy atom. The van der Waals surface area contributed by atoms with Gasteiger partial charge in [0.25, 0.3) is 5.56 Å². The molecule has 7 heteroatoms. The first kappa shape index (κ1) is 25.6. The maximum atomic E-state index is 13.8. The second-order valence-corrected chi connectivity index (χ2v) is 10.4. The summed E-state index contributed by atoms with van der Waals surface area (Å²) >= 11 is 3.51. The highest BCUT2D eigenvalue weighted by Gasteiger charge is 2.28. The Morgan fingerprint density at radius 1 is 1.00 bits per heavy atom. The van der Waals surface area contributed by atoms with Crippen LogP contribution in [-0.4, -0.2) is 27.0 Å². The number of hydrogen-bond acceptors (Lipinski definition) is 3. The molecule has 1 atom stereocenters. The van der Waals surface area contributed by atoms with E-state index in [0.29, 0.717) is 29.0 Å². The van der Waals surface area contributed by atoms with Crippen molar-refractivity contribution in [2.24, 2.45) is 5.92 Å². The van der Waals surface area contributed by atoms with Crippen LogP contribution < -0.4 is 10.9 Å². The number of urea groups is 1. The van der Waals surface area contributed by atoms with E-state index in [-0.39, 0.29) is 17.5 Å². The third kappa shape index (κ3) is 5.21. The van der Waals surface area contributed by atoms with Gasteiger partial charge in [0.2, 0.25) is 0 Å². The molecule has 0 saturated carbocycles. The van der Waals surface area contributed by atoms with Crippen LogP contribution in [0.2, 0.25) is 0 Å². The smallest absolute Gasteiger partial charge is 0.314 e. The van der Waals surface area contributed by atoms with E-state index in [0.717, 1.165) is 21.3 Å². The maximum Gasteiger partial charge on any atom is 0.322 e. The van der Waals surface area contributed by atoms with E-state index in [1.165, 1.54) is 0 Å². The molecule has 186 valence electrons. The molecule has 0 radical (unpaired) electrons. The third-order valence-corrected chi connectivity index (χ3v) is 7.02. The number of hydrogen-bond donors (Lipinski definition) is 1. The maximum absolute atomic E-state index is 13.8. The van der Waals surface area contributed by atoms with Gasteiger partial charge in [-0.15, -0.1) is 0 Å². The van der Waals surface area contributed by atoms with Crippen molar-refractivity contribution in [2.75, 3.05) is 11.9 Å². The fraction of sp³-hybridized carbons (Fsp3) is 0.276. The number of para-hydroxylation sites is 2. The fourth-order valence-electron chi connectivity index (χ4n) is 4.24. The van der Waals surface area contributed by atoms with Crippen LogP contribution in [0.4, 0.5) is 10.5 Å². The largest absolute Gasteiger partial charge is 0.322 e. The number of nitrogens with one attached hydrogen (secondary N) is 1. The molecule has 6 nitrogen and oxygen atoms in total. The van der Waals surface area contributed by atoms with Crippen molar-refractivity contribution in [1.82, 2.24) is 14.5 Å². The molecule has 0 aliphatic carbocycles. The summed E-state index contributed by atoms with van der Waals surface area (Å²) in [5.74, 6) is 0.726. The fourth-order valence-corrected chi connectivity index (χ4v) is 4.63. The Labute approximate surface area is 220 Å². The number of aryl methyl sites for hydroxylation is 2. The number of halogens is 1. The molecule has 1 unspecified atom stereocenters. The number of carbonyl (C=O) groups is 1. The summed E-state index contributed by atoms with van der Waals surface area (Å²) < 4.78 is 2.45. The number of nitrogens with zero attached hydrogens (tertiary/aromatic N) is 3. The lowest BCUT2D eigenvalue weighted by molar-refractivity contribution is 0.179. The molecule has 1 N–H and O–H groups in total. The number of fused-ring (bicyclic) bond motifs is 1. The number of rotatable bonds is 6. The molecule has 1 aromatic heterocycles. The van der Waals surface area contributed by atoms with Gasteiger partial charge < -0.3 is 10.2 Å². The van der Waals surface area contributed by atoms with Gasteiger partial charge in [-0.25, -0.2) is 9.78 Å². The summed E-state index contributed by atoms with van der Waals surface area (Å²) in [6.45, 7) is 10.6. The van der Waals surface area contributed by atoms with Gasteiger partial charge in [-0.1, -0.05) is 44.2 Å². The molecule has 36 heavy (non-hydrogen) atoms. The highest BCUT2D eigenvalue weighted by molar-refractivity contribution is 9.10. The third-order valence-electron chi connectivity index (χ3n) is 6.33. The van der Waals surface area contributed by atoms with Crippen LogP contribution in [0, 0.1) is 19.8 Å². The van der Waals surface area contributed by atoms with Crippen LogP contribution >= 0.6 is 15.9 Å². The normalized spacial score (nSPS) is 12.1. The molecule has 1 heterocycles. The standard InChI is InChI=1S/C29H31BrN4O2/c1-18(2)17-33(29(36)32-26-13-9-7-11-24(26)30)21(5)27-31-25-12-8-6-10-23(25)28(35)34(27)22-15-14-19(3)20(4)16-22/h6-16,18,21H,17H2,1-5H3,(H,32,36). The van der Waals surface area contributed by atoms with Gasteiger partial charge in [-0.3, -0.25) is 9.36 Å². The molecule has 4 rings (SSSR count). The van der Waals surface area contributed by atoms with E-state index in [2.05, 4.69) is 35.1 Å². The molecule has 2 amide bonds. The highest BCUT2D eigenvalue weighted by atomic mass is 79.9. The average molecular weight is 547 g/mol. The van der Waals surface area contributed by atoms with Crippen LogP contribution in [0.1, 0.15) is 43.8 Å². The van der Waals surface area contributed by atoms with Crippen molar-refractivity contribution in [3.05, 3.63) is 98.5 Å². The summed E-state index contributed by atoms with van der Waals surface area (Å²) in [5.41, 5.74) is 4.10. The number of carbonyl (C=O) groups excluding carboxylic acids is 1. The van der Waals surface area contributed by atoms with Gasteiger partial charge in [0.1, 0.15) is 5.82 Å². The lowest BCUT2D eigenvalue weighted by Crippen LogP contribution is -2.41. The van der Waals surface area contributed by atoms with Crippen LogP contribution in [0.3, 0.4) is 0 Å². The minimum atomic E-state index is -0.478. The van der Waals surface area contributed by atoms with Crippen molar-refractivity contribution in [1.29, 1.82) is 0 Å². The Bertz CT molecular complexity index is 1480. The summed E-state index contributed by atoms with van der Waals surface area (Å²) in [7, 11) is 0. The number of benzene rings is 3. The predicted octanol–water partition coefficient (Wildman–Crippen LogP) is 7.02. The Morgan fingerprint density at radius 3 is 2.39 bits per heavy atom. The van der Waals surface area contributed by atoms with Crippen molar-refractivity contribution in [2.45, 2.75) is 40.7 Å². The molecule has 0 fully saturated rings. The lowest BCUT2D eigenvalue weighted by atomic mass is 10.1. The van der Waals surface area contributed by atoms with Crippen LogP contribution in [0.5, 0.6) is 0 Å². The van der Waals surface area contributed by atoms with E-state index in [4.69, 9.17) is 4.98 Å². The van der Waals surface area contributed by atoms with Gasteiger partial charge >= 0.3 is 6.03 Å². The zero-order valence-corrected chi connectivity index (χ0v) is 22.8. The van der Waals surface area contributed by atoms with Gasteiger partial charge in [0.05, 0.1) is 28.3 Å². The van der Waals surface area contributed by atoms with Crippen molar-refractivity contribution < 1.29 is 4.79 Å². The van der Waals surface area contributed by atoms with Gasteiger partial charge in [0, 0.05) is 11.0 Å². The quantitative estimate of drug-likeness (QED) is 0.282. The minimum absolute atomic E-state index is 0.151. The van der Waals surface area contributed by atoms with Gasteiger partial charge in [-0.05, 0) is 90.1 Å². The monoisotopic (exact) mass is 546 g/mol. The zero-order chi connectivity index (χ0) is 26.0. The average Bonchev–Trinajstić information content (AvgIpc) is 2.85. The number of anilines is 1. The SMILES string of the molecule is Cc1ccc(-n2c(C(C)N(CC(C)C)C(=O)Nc3ccccc3Br)nc3ccccc3c2=O)cc1C. The van der Waals surface area contributed by atoms with Crippen LogP contribution in [0.25, 0.3) is 16.6 Å². The van der Waals surface area contributed by atoms with E-state index in [1.54, 1.807) is 15.5 Å². The molecular weight excluding hydrogens is 516 g/mol. The van der Waals surface area contributed by atoms with E-state index >= 15 is 0 Å². The van der Waals surface area contributed by atoms with Crippen molar-refractivity contribution >= 4 is 38.6 Å². The molecule has 0 bridgehead atoms. The predicted molar refractivity (Wildman–Crippen MR) is 150 cm³/mol. The summed E-state index contributed by atoms with van der Waals surface area (Å²) in [6, 6.07) is 20.1. The molecule has 0 saturated heterocycles. The molecule has 3 aromatic carbocycles. The summed E-state index contributed by atoms with van der Waals surface area (Å²) in [6.07, 6.45) is 0. The second-order valence-electron chi connectivity index (χ2n) is 9.53. The van der Waals surface area contributed by atoms with E-state index < -0.39 is 6.04 Å². The van der Waals surface area contributed by atoms with Crippen molar-refractivity contribution in [3.8, 4) is 5.69 Å². The van der Waals surface area contributed by atoms with Crippen molar-refractivity contribution in [3.63, 3.8) is 0 Å². The molecule has 4 aromatic rings. The number of aromatic nitrogens is 2. The minimum Gasteiger partial charge on any atom is -0.314 e. The lowest BCUT2D eigenvalue weighted by Gasteiger charge is -2.32. The molecule has 0 aliphatic rings. The zero-order valence-electron chi connectivity index (χ0n) is 21.2. The Hall–Kier alpha value is -3.45. The second kappa shape index (κ2) is 10.7. The first-order valence-electron chi connectivity index (χ1n) is 12.1. The molecular formula is C29H31BrN4O2. The van der Waals surface area contributed by atoms with E-state index in [1.807, 2.05) is 81.4 Å². The molecule has 0 spiro atoms. The van der Waals surface area contributed by atoms with Crippen LogP contribution in [-0.2, 0) is 0 Å². The number of amides is 2. The highest BCUT2D eigenvalue weighted by Crippen LogP contribution is 2.27. The van der Waals surface area contributed by atoms with Gasteiger partial charge in [0.15, 0.2) is 0 Å². The molecule has 0 aliphatic heterocycles. The van der Waals surface area contributed by atoms with Crippen LogP contribution in [0.15, 0.2) is 76.0 Å². The first-order valence-corrected chi connectivity index (χ1v) is 12.9. The summed E-state index contributed by atoms with van der Waals surface area (Å²) in [4.78, 5) is 34.1.